The van der Waals surface area contributed by atoms with Crippen molar-refractivity contribution in [1.82, 2.24) is 14.4 Å². The fraction of sp³-hybridized carbons (Fsp3) is 0.700. The molecule has 0 bridgehead atoms. The maximum atomic E-state index is 12.8. The Labute approximate surface area is 151 Å². The smallest absolute Gasteiger partial charge is 0.225 e. The van der Waals surface area contributed by atoms with Gasteiger partial charge in [0, 0.05) is 54.6 Å². The number of aromatic nitrogens is 1. The van der Waals surface area contributed by atoms with Crippen molar-refractivity contribution in [3.63, 3.8) is 0 Å². The number of rotatable bonds is 4. The number of hydrogen-bond donors (Lipinski definition) is 0. The Morgan fingerprint density at radius 2 is 1.68 bits per heavy atom. The first-order valence-electron chi connectivity index (χ1n) is 9.42. The van der Waals surface area contributed by atoms with Crippen molar-refractivity contribution < 1.29 is 9.59 Å². The van der Waals surface area contributed by atoms with Crippen LogP contribution in [0.15, 0.2) is 6.07 Å². The summed E-state index contributed by atoms with van der Waals surface area (Å²) in [6.45, 7) is 14.1. The highest BCUT2D eigenvalue weighted by Gasteiger charge is 2.35. The molecule has 138 valence electrons. The second kappa shape index (κ2) is 6.60. The van der Waals surface area contributed by atoms with Gasteiger partial charge in [-0.25, -0.2) is 0 Å². The van der Waals surface area contributed by atoms with Gasteiger partial charge >= 0.3 is 0 Å². The van der Waals surface area contributed by atoms with Gasteiger partial charge in [-0.3, -0.25) is 14.5 Å². The van der Waals surface area contributed by atoms with Gasteiger partial charge in [-0.1, -0.05) is 0 Å². The van der Waals surface area contributed by atoms with E-state index in [1.54, 1.807) is 0 Å². The van der Waals surface area contributed by atoms with Crippen LogP contribution in [0.3, 0.4) is 0 Å². The van der Waals surface area contributed by atoms with E-state index in [2.05, 4.69) is 37.2 Å². The molecule has 5 heteroatoms. The summed E-state index contributed by atoms with van der Waals surface area (Å²) in [5.74, 6) is 0.793. The van der Waals surface area contributed by atoms with Crippen LogP contribution in [0.4, 0.5) is 0 Å². The zero-order valence-corrected chi connectivity index (χ0v) is 16.3. The number of amides is 1. The fourth-order valence-corrected chi connectivity index (χ4v) is 4.08. The summed E-state index contributed by atoms with van der Waals surface area (Å²) < 4.78 is 2.24. The minimum Gasteiger partial charge on any atom is -0.343 e. The standard InChI is InChI=1S/C20H31N3O2/c1-14-12-17(15(2)23(14)20(3,4)5)18(24)13-21-8-10-22(11-9-21)19(25)16-6-7-16/h12,16H,6-11,13H2,1-5H3. The van der Waals surface area contributed by atoms with Gasteiger partial charge in [-0.2, -0.15) is 0 Å². The van der Waals surface area contributed by atoms with Crippen LogP contribution in [-0.4, -0.2) is 58.8 Å². The van der Waals surface area contributed by atoms with Crippen LogP contribution >= 0.6 is 0 Å². The molecule has 0 spiro atoms. The maximum absolute atomic E-state index is 12.8. The van der Waals surface area contributed by atoms with Crippen LogP contribution in [0, 0.1) is 19.8 Å². The third-order valence-corrected chi connectivity index (χ3v) is 5.38. The Hall–Kier alpha value is -1.62. The summed E-state index contributed by atoms with van der Waals surface area (Å²) in [6.07, 6.45) is 2.11. The van der Waals surface area contributed by atoms with E-state index >= 15 is 0 Å². The summed E-state index contributed by atoms with van der Waals surface area (Å²) >= 11 is 0. The molecule has 0 atom stereocenters. The summed E-state index contributed by atoms with van der Waals surface area (Å²) in [5, 5.41) is 0. The van der Waals surface area contributed by atoms with E-state index < -0.39 is 0 Å². The Kier molecular flexibility index (Phi) is 4.80. The Morgan fingerprint density at radius 3 is 2.16 bits per heavy atom. The molecule has 0 radical (unpaired) electrons. The van der Waals surface area contributed by atoms with Crippen LogP contribution in [0.2, 0.25) is 0 Å². The van der Waals surface area contributed by atoms with Crippen LogP contribution in [0.25, 0.3) is 0 Å². The summed E-state index contributed by atoms with van der Waals surface area (Å²) in [4.78, 5) is 29.1. The zero-order valence-electron chi connectivity index (χ0n) is 16.3. The number of Topliss-reactive ketones (excluding diaryl/α,β-unsaturated/α-hetero) is 1. The van der Waals surface area contributed by atoms with Crippen LogP contribution < -0.4 is 0 Å². The lowest BCUT2D eigenvalue weighted by atomic mass is 10.1. The van der Waals surface area contributed by atoms with Crippen molar-refractivity contribution in [2.24, 2.45) is 5.92 Å². The van der Waals surface area contributed by atoms with Gasteiger partial charge in [-0.15, -0.1) is 0 Å². The number of ketones is 1. The molecule has 2 heterocycles. The van der Waals surface area contributed by atoms with Gasteiger partial charge in [-0.05, 0) is 53.5 Å². The normalized spacial score (nSPS) is 19.3. The summed E-state index contributed by atoms with van der Waals surface area (Å²) in [5.41, 5.74) is 3.00. The molecule has 5 nitrogen and oxygen atoms in total. The number of hydrogen-bond acceptors (Lipinski definition) is 3. The quantitative estimate of drug-likeness (QED) is 0.788. The molecule has 1 aromatic heterocycles. The Bertz CT molecular complexity index is 672. The van der Waals surface area contributed by atoms with Crippen LogP contribution in [0.5, 0.6) is 0 Å². The Balaban J connectivity index is 1.61. The average Bonchev–Trinajstić information content (AvgIpc) is 3.31. The number of carbonyl (C=O) groups excluding carboxylic acids is 2. The zero-order chi connectivity index (χ0) is 18.4. The monoisotopic (exact) mass is 345 g/mol. The molecular formula is C20H31N3O2. The molecule has 25 heavy (non-hydrogen) atoms. The molecule has 1 aromatic rings. The molecule has 0 aromatic carbocycles. The van der Waals surface area contributed by atoms with Gasteiger partial charge < -0.3 is 9.47 Å². The molecule has 2 aliphatic rings. The lowest BCUT2D eigenvalue weighted by molar-refractivity contribution is -0.134. The fourth-order valence-electron chi connectivity index (χ4n) is 4.08. The molecule has 1 saturated carbocycles. The van der Waals surface area contributed by atoms with E-state index in [4.69, 9.17) is 0 Å². The second-order valence-corrected chi connectivity index (χ2v) is 8.59. The van der Waals surface area contributed by atoms with Gasteiger partial charge in [0.15, 0.2) is 5.78 Å². The molecule has 1 aliphatic carbocycles. The minimum atomic E-state index is -0.0263. The lowest BCUT2D eigenvalue weighted by Crippen LogP contribution is -2.50. The third kappa shape index (κ3) is 3.81. The maximum Gasteiger partial charge on any atom is 0.225 e. The predicted octanol–water partition coefficient (Wildman–Crippen LogP) is 2.60. The van der Waals surface area contributed by atoms with Gasteiger partial charge in [0.2, 0.25) is 5.91 Å². The van der Waals surface area contributed by atoms with E-state index in [-0.39, 0.29) is 17.2 Å². The predicted molar refractivity (Wildman–Crippen MR) is 99.0 cm³/mol. The highest BCUT2D eigenvalue weighted by molar-refractivity contribution is 5.99. The first-order chi connectivity index (χ1) is 11.7. The number of piperazine rings is 1. The summed E-state index contributed by atoms with van der Waals surface area (Å²) in [7, 11) is 0. The molecule has 3 rings (SSSR count). The van der Waals surface area contributed by atoms with E-state index in [1.807, 2.05) is 17.9 Å². The average molecular weight is 345 g/mol. The minimum absolute atomic E-state index is 0.0263. The van der Waals surface area contributed by atoms with Crippen molar-refractivity contribution in [2.75, 3.05) is 32.7 Å². The number of aryl methyl sites for hydroxylation is 1. The van der Waals surface area contributed by atoms with Crippen molar-refractivity contribution in [3.8, 4) is 0 Å². The van der Waals surface area contributed by atoms with Crippen LogP contribution in [0.1, 0.15) is 55.4 Å². The van der Waals surface area contributed by atoms with Crippen molar-refractivity contribution in [3.05, 3.63) is 23.0 Å². The van der Waals surface area contributed by atoms with Crippen LogP contribution in [-0.2, 0) is 10.3 Å². The van der Waals surface area contributed by atoms with Crippen molar-refractivity contribution >= 4 is 11.7 Å². The van der Waals surface area contributed by atoms with E-state index in [9.17, 15) is 9.59 Å². The Morgan fingerprint density at radius 1 is 1.08 bits per heavy atom. The highest BCUT2D eigenvalue weighted by Crippen LogP contribution is 2.31. The van der Waals surface area contributed by atoms with Gasteiger partial charge in [0.1, 0.15) is 0 Å². The molecule has 0 N–H and O–H groups in total. The third-order valence-electron chi connectivity index (χ3n) is 5.38. The number of nitrogens with zero attached hydrogens (tertiary/aromatic N) is 3. The van der Waals surface area contributed by atoms with E-state index in [1.165, 1.54) is 0 Å². The molecule has 1 amide bonds. The second-order valence-electron chi connectivity index (χ2n) is 8.59. The molecule has 1 aliphatic heterocycles. The SMILES string of the molecule is Cc1cc(C(=O)CN2CCN(C(=O)C3CC3)CC2)c(C)n1C(C)(C)C. The molecule has 1 saturated heterocycles. The molecule has 2 fully saturated rings. The molecular weight excluding hydrogens is 314 g/mol. The highest BCUT2D eigenvalue weighted by atomic mass is 16.2. The van der Waals surface area contributed by atoms with Gasteiger partial charge in [0.25, 0.3) is 0 Å². The van der Waals surface area contributed by atoms with Crippen molar-refractivity contribution in [1.29, 1.82) is 0 Å². The van der Waals surface area contributed by atoms with Crippen molar-refractivity contribution in [2.45, 2.75) is 53.0 Å². The largest absolute Gasteiger partial charge is 0.343 e. The number of carbonyl (C=O) groups is 2. The molecule has 0 unspecified atom stereocenters. The topological polar surface area (TPSA) is 45.6 Å². The van der Waals surface area contributed by atoms with Gasteiger partial charge in [0.05, 0.1) is 6.54 Å². The van der Waals surface area contributed by atoms with E-state index in [0.29, 0.717) is 12.5 Å². The first-order valence-corrected chi connectivity index (χ1v) is 9.42. The van der Waals surface area contributed by atoms with E-state index in [0.717, 1.165) is 56.0 Å². The first kappa shape index (κ1) is 18.2. The summed E-state index contributed by atoms with van der Waals surface area (Å²) in [6, 6.07) is 2.02. The lowest BCUT2D eigenvalue weighted by Gasteiger charge is -2.34.